The normalized spacial score (nSPS) is 13.0. The van der Waals surface area contributed by atoms with E-state index < -0.39 is 0 Å². The standard InChI is InChI=1S/C17H25N5O2/c1-3-23-11-7-10-19-17(18)20-12-13(2)16-21-15(22-24-16)14-8-5-4-6-9-14/h4-6,8-9,13H,3,7,10-12H2,1-2H3,(H3,18,19,20). The van der Waals surface area contributed by atoms with E-state index in [0.717, 1.165) is 31.7 Å². The molecule has 24 heavy (non-hydrogen) atoms. The maximum absolute atomic E-state index is 5.84. The third kappa shape index (κ3) is 5.66. The van der Waals surface area contributed by atoms with Gasteiger partial charge in [0.2, 0.25) is 11.7 Å². The summed E-state index contributed by atoms with van der Waals surface area (Å²) in [5.41, 5.74) is 6.77. The number of aliphatic imine (C=N–C) groups is 1. The molecule has 2 rings (SSSR count). The molecule has 0 radical (unpaired) electrons. The average Bonchev–Trinajstić information content (AvgIpc) is 3.10. The Morgan fingerprint density at radius 2 is 2.17 bits per heavy atom. The Balaban J connectivity index is 1.81. The zero-order valence-corrected chi connectivity index (χ0v) is 14.2. The minimum Gasteiger partial charge on any atom is -0.382 e. The van der Waals surface area contributed by atoms with E-state index >= 15 is 0 Å². The van der Waals surface area contributed by atoms with Crippen LogP contribution in [0.5, 0.6) is 0 Å². The van der Waals surface area contributed by atoms with Crippen LogP contribution >= 0.6 is 0 Å². The number of guanidine groups is 1. The molecule has 0 saturated heterocycles. The second kappa shape index (κ2) is 9.67. The van der Waals surface area contributed by atoms with Crippen molar-refractivity contribution >= 4 is 5.96 Å². The van der Waals surface area contributed by atoms with E-state index in [0.29, 0.717) is 24.2 Å². The van der Waals surface area contributed by atoms with Crippen molar-refractivity contribution in [2.45, 2.75) is 26.2 Å². The second-order valence-corrected chi connectivity index (χ2v) is 5.43. The summed E-state index contributed by atoms with van der Waals surface area (Å²) in [6.45, 7) is 6.64. The van der Waals surface area contributed by atoms with Crippen LogP contribution in [0.25, 0.3) is 11.4 Å². The zero-order chi connectivity index (χ0) is 17.2. The van der Waals surface area contributed by atoms with E-state index in [1.807, 2.05) is 44.2 Å². The van der Waals surface area contributed by atoms with Gasteiger partial charge in [-0.1, -0.05) is 42.4 Å². The Hall–Kier alpha value is -2.41. The molecule has 130 valence electrons. The van der Waals surface area contributed by atoms with Gasteiger partial charge in [-0.15, -0.1) is 0 Å². The predicted octanol–water partition coefficient (Wildman–Crippen LogP) is 2.17. The molecule has 0 amide bonds. The van der Waals surface area contributed by atoms with Gasteiger partial charge in [-0.3, -0.25) is 4.99 Å². The van der Waals surface area contributed by atoms with Crippen LogP contribution in [0.3, 0.4) is 0 Å². The summed E-state index contributed by atoms with van der Waals surface area (Å²) in [4.78, 5) is 8.74. The Bertz CT molecular complexity index is 627. The first-order valence-corrected chi connectivity index (χ1v) is 8.21. The Morgan fingerprint density at radius 1 is 1.38 bits per heavy atom. The van der Waals surface area contributed by atoms with Crippen molar-refractivity contribution in [3.05, 3.63) is 36.2 Å². The van der Waals surface area contributed by atoms with Crippen molar-refractivity contribution < 1.29 is 9.26 Å². The monoisotopic (exact) mass is 331 g/mol. The number of rotatable bonds is 9. The summed E-state index contributed by atoms with van der Waals surface area (Å²) >= 11 is 0. The highest BCUT2D eigenvalue weighted by Gasteiger charge is 2.14. The van der Waals surface area contributed by atoms with Gasteiger partial charge >= 0.3 is 0 Å². The van der Waals surface area contributed by atoms with Crippen molar-refractivity contribution in [3.63, 3.8) is 0 Å². The number of hydrogen-bond acceptors (Lipinski definition) is 5. The van der Waals surface area contributed by atoms with E-state index in [1.165, 1.54) is 0 Å². The SMILES string of the molecule is CCOCCCNC(N)=NCC(C)c1nc(-c2ccccc2)no1. The molecule has 7 nitrogen and oxygen atoms in total. The fourth-order valence-electron chi connectivity index (χ4n) is 2.04. The summed E-state index contributed by atoms with van der Waals surface area (Å²) in [6.07, 6.45) is 0.893. The summed E-state index contributed by atoms with van der Waals surface area (Å²) in [5, 5.41) is 7.08. The number of hydrogen-bond donors (Lipinski definition) is 2. The molecule has 0 aliphatic carbocycles. The second-order valence-electron chi connectivity index (χ2n) is 5.43. The van der Waals surface area contributed by atoms with Gasteiger partial charge in [-0.05, 0) is 13.3 Å². The van der Waals surface area contributed by atoms with Crippen molar-refractivity contribution in [2.24, 2.45) is 10.7 Å². The molecule has 0 fully saturated rings. The molecule has 0 spiro atoms. The fourth-order valence-corrected chi connectivity index (χ4v) is 2.04. The largest absolute Gasteiger partial charge is 0.382 e. The van der Waals surface area contributed by atoms with Gasteiger partial charge < -0.3 is 20.3 Å². The minimum absolute atomic E-state index is 0.00117. The summed E-state index contributed by atoms with van der Waals surface area (Å²) < 4.78 is 10.6. The summed E-state index contributed by atoms with van der Waals surface area (Å²) in [6, 6.07) is 9.73. The van der Waals surface area contributed by atoms with Crippen LogP contribution in [0.1, 0.15) is 32.1 Å². The van der Waals surface area contributed by atoms with E-state index in [1.54, 1.807) is 0 Å². The van der Waals surface area contributed by atoms with E-state index in [-0.39, 0.29) is 5.92 Å². The maximum Gasteiger partial charge on any atom is 0.231 e. The molecule has 0 saturated carbocycles. The molecule has 3 N–H and O–H groups in total. The topological polar surface area (TPSA) is 98.6 Å². The van der Waals surface area contributed by atoms with Gasteiger partial charge in [0.15, 0.2) is 5.96 Å². The zero-order valence-electron chi connectivity index (χ0n) is 14.2. The molecule has 0 aliphatic heterocycles. The molecule has 2 aromatic rings. The highest BCUT2D eigenvalue weighted by Crippen LogP contribution is 2.19. The van der Waals surface area contributed by atoms with Gasteiger partial charge in [0.05, 0.1) is 12.5 Å². The third-order valence-electron chi connectivity index (χ3n) is 3.41. The van der Waals surface area contributed by atoms with Crippen LogP contribution in [0.4, 0.5) is 0 Å². The molecule has 1 aromatic heterocycles. The highest BCUT2D eigenvalue weighted by molar-refractivity contribution is 5.77. The van der Waals surface area contributed by atoms with Gasteiger partial charge in [-0.25, -0.2) is 0 Å². The van der Waals surface area contributed by atoms with Crippen molar-refractivity contribution in [2.75, 3.05) is 26.3 Å². The first kappa shape index (κ1) is 17.9. The fraction of sp³-hybridized carbons (Fsp3) is 0.471. The molecular weight excluding hydrogens is 306 g/mol. The van der Waals surface area contributed by atoms with Crippen molar-refractivity contribution in [3.8, 4) is 11.4 Å². The van der Waals surface area contributed by atoms with E-state index in [9.17, 15) is 0 Å². The average molecular weight is 331 g/mol. The van der Waals surface area contributed by atoms with Crippen LogP contribution in [0, 0.1) is 0 Å². The number of ether oxygens (including phenoxy) is 1. The first-order chi connectivity index (χ1) is 11.7. The maximum atomic E-state index is 5.84. The Kier molecular flexibility index (Phi) is 7.22. The Labute approximate surface area is 142 Å². The highest BCUT2D eigenvalue weighted by atomic mass is 16.5. The van der Waals surface area contributed by atoms with E-state index in [4.69, 9.17) is 15.0 Å². The molecule has 1 heterocycles. The van der Waals surface area contributed by atoms with Crippen molar-refractivity contribution in [1.82, 2.24) is 15.5 Å². The lowest BCUT2D eigenvalue weighted by Crippen LogP contribution is -2.33. The lowest BCUT2D eigenvalue weighted by molar-refractivity contribution is 0.145. The molecule has 1 unspecified atom stereocenters. The van der Waals surface area contributed by atoms with Crippen LogP contribution in [0.15, 0.2) is 39.8 Å². The van der Waals surface area contributed by atoms with Gasteiger partial charge in [0, 0.05) is 25.3 Å². The van der Waals surface area contributed by atoms with Crippen LogP contribution in [-0.4, -0.2) is 42.4 Å². The lowest BCUT2D eigenvalue weighted by Gasteiger charge is -2.07. The quantitative estimate of drug-likeness (QED) is 0.415. The Morgan fingerprint density at radius 3 is 2.92 bits per heavy atom. The number of nitrogens with two attached hydrogens (primary N) is 1. The third-order valence-corrected chi connectivity index (χ3v) is 3.41. The number of benzene rings is 1. The van der Waals surface area contributed by atoms with Gasteiger partial charge in [0.1, 0.15) is 0 Å². The molecule has 1 atom stereocenters. The number of nitrogens with zero attached hydrogens (tertiary/aromatic N) is 3. The van der Waals surface area contributed by atoms with Crippen molar-refractivity contribution in [1.29, 1.82) is 0 Å². The van der Waals surface area contributed by atoms with Gasteiger partial charge in [-0.2, -0.15) is 4.98 Å². The molecule has 0 aliphatic rings. The molecular formula is C17H25N5O2. The number of aromatic nitrogens is 2. The first-order valence-electron chi connectivity index (χ1n) is 8.21. The summed E-state index contributed by atoms with van der Waals surface area (Å²) in [7, 11) is 0. The minimum atomic E-state index is -0.00117. The smallest absolute Gasteiger partial charge is 0.231 e. The molecule has 1 aromatic carbocycles. The predicted molar refractivity (Wildman–Crippen MR) is 93.8 cm³/mol. The molecule has 0 bridgehead atoms. The van der Waals surface area contributed by atoms with Gasteiger partial charge in [0.25, 0.3) is 0 Å². The lowest BCUT2D eigenvalue weighted by atomic mass is 10.2. The molecule has 7 heteroatoms. The van der Waals surface area contributed by atoms with Crippen LogP contribution < -0.4 is 11.1 Å². The van der Waals surface area contributed by atoms with Crippen LogP contribution in [0.2, 0.25) is 0 Å². The number of nitrogens with one attached hydrogen (secondary N) is 1. The van der Waals surface area contributed by atoms with Crippen LogP contribution in [-0.2, 0) is 4.74 Å². The van der Waals surface area contributed by atoms with E-state index in [2.05, 4.69) is 20.4 Å². The summed E-state index contributed by atoms with van der Waals surface area (Å²) in [5.74, 6) is 1.56.